The summed E-state index contributed by atoms with van der Waals surface area (Å²) in [5.74, 6) is 0. The quantitative estimate of drug-likeness (QED) is 0.470. The molecule has 1 rings (SSSR count). The zero-order chi connectivity index (χ0) is 12.1. The van der Waals surface area contributed by atoms with Crippen LogP contribution in [0.15, 0.2) is 30.9 Å². The normalized spacial score (nSPS) is 11.9. The summed E-state index contributed by atoms with van der Waals surface area (Å²) in [6.07, 6.45) is 2.56. The van der Waals surface area contributed by atoms with Crippen LogP contribution in [0.5, 0.6) is 0 Å². The molecule has 4 heteroatoms. The Kier molecular flexibility index (Phi) is 4.05. The first kappa shape index (κ1) is 12.2. The largest absolute Gasteiger partial charge is 0.377 e. The summed E-state index contributed by atoms with van der Waals surface area (Å²) < 4.78 is 0. The Morgan fingerprint density at radius 3 is 2.88 bits per heavy atom. The average molecular weight is 220 g/mol. The number of benzene rings is 1. The van der Waals surface area contributed by atoms with Gasteiger partial charge in [0.15, 0.2) is 0 Å². The van der Waals surface area contributed by atoms with Crippen LogP contribution in [0.1, 0.15) is 18.9 Å². The van der Waals surface area contributed by atoms with E-state index in [0.29, 0.717) is 5.69 Å². The Balaban J connectivity index is 2.96. The number of nitrogens with zero attached hydrogens (tertiary/aromatic N) is 1. The summed E-state index contributed by atoms with van der Waals surface area (Å²) in [6.45, 7) is 7.52. The number of nitro benzene ring substituents is 1. The van der Waals surface area contributed by atoms with E-state index in [0.717, 1.165) is 12.0 Å². The lowest BCUT2D eigenvalue weighted by Crippen LogP contribution is -2.15. The molecule has 1 atom stereocenters. The van der Waals surface area contributed by atoms with Gasteiger partial charge in [-0.25, -0.2) is 0 Å². The van der Waals surface area contributed by atoms with Crippen LogP contribution in [0.4, 0.5) is 11.4 Å². The number of anilines is 1. The SMILES string of the molecule is C=CCC(C)Nc1cc(C)ccc1[N+](=O)[O-]. The molecule has 0 saturated carbocycles. The van der Waals surface area contributed by atoms with Gasteiger partial charge in [0.2, 0.25) is 0 Å². The highest BCUT2D eigenvalue weighted by atomic mass is 16.6. The molecule has 0 spiro atoms. The second kappa shape index (κ2) is 5.30. The summed E-state index contributed by atoms with van der Waals surface area (Å²) in [4.78, 5) is 10.4. The first-order chi connectivity index (χ1) is 7.54. The zero-order valence-electron chi connectivity index (χ0n) is 9.56. The van der Waals surface area contributed by atoms with Crippen LogP contribution in [-0.4, -0.2) is 11.0 Å². The molecule has 0 aliphatic carbocycles. The molecule has 16 heavy (non-hydrogen) atoms. The van der Waals surface area contributed by atoms with E-state index < -0.39 is 0 Å². The van der Waals surface area contributed by atoms with Gasteiger partial charge >= 0.3 is 0 Å². The Bertz CT molecular complexity index is 402. The van der Waals surface area contributed by atoms with Crippen molar-refractivity contribution in [1.82, 2.24) is 0 Å². The molecule has 1 aromatic carbocycles. The van der Waals surface area contributed by atoms with Gasteiger partial charge < -0.3 is 5.32 Å². The Hall–Kier alpha value is -1.84. The van der Waals surface area contributed by atoms with Crippen LogP contribution in [0.3, 0.4) is 0 Å². The van der Waals surface area contributed by atoms with Gasteiger partial charge in [-0.15, -0.1) is 6.58 Å². The molecule has 0 aromatic heterocycles. The molecule has 0 saturated heterocycles. The molecule has 1 unspecified atom stereocenters. The standard InChI is InChI=1S/C12H16N2O2/c1-4-5-10(3)13-11-8-9(2)6-7-12(11)14(15)16/h4,6-8,10,13H,1,5H2,2-3H3. The van der Waals surface area contributed by atoms with E-state index in [-0.39, 0.29) is 16.7 Å². The average Bonchev–Trinajstić information content (AvgIpc) is 2.17. The van der Waals surface area contributed by atoms with Crippen molar-refractivity contribution in [2.24, 2.45) is 0 Å². The Morgan fingerprint density at radius 2 is 2.31 bits per heavy atom. The second-order valence-corrected chi connectivity index (χ2v) is 3.85. The molecule has 0 heterocycles. The molecule has 0 aliphatic rings. The molecular weight excluding hydrogens is 204 g/mol. The number of nitro groups is 1. The van der Waals surface area contributed by atoms with Gasteiger partial charge in [0, 0.05) is 12.1 Å². The number of nitrogens with one attached hydrogen (secondary N) is 1. The lowest BCUT2D eigenvalue weighted by Gasteiger charge is -2.13. The van der Waals surface area contributed by atoms with Gasteiger partial charge in [-0.2, -0.15) is 0 Å². The minimum Gasteiger partial charge on any atom is -0.377 e. The Labute approximate surface area is 95.1 Å². The first-order valence-corrected chi connectivity index (χ1v) is 5.17. The van der Waals surface area contributed by atoms with Gasteiger partial charge in [-0.05, 0) is 31.9 Å². The fourth-order valence-corrected chi connectivity index (χ4v) is 1.50. The predicted octanol–water partition coefficient (Wildman–Crippen LogP) is 3.28. The van der Waals surface area contributed by atoms with Gasteiger partial charge in [-0.3, -0.25) is 10.1 Å². The molecule has 1 N–H and O–H groups in total. The number of hydrogen-bond acceptors (Lipinski definition) is 3. The van der Waals surface area contributed by atoms with Crippen molar-refractivity contribution in [3.05, 3.63) is 46.5 Å². The molecule has 1 aromatic rings. The second-order valence-electron chi connectivity index (χ2n) is 3.85. The van der Waals surface area contributed by atoms with E-state index >= 15 is 0 Å². The van der Waals surface area contributed by atoms with E-state index in [9.17, 15) is 10.1 Å². The molecule has 0 amide bonds. The fourth-order valence-electron chi connectivity index (χ4n) is 1.50. The van der Waals surface area contributed by atoms with Gasteiger partial charge in [0.05, 0.1) is 4.92 Å². The molecule has 4 nitrogen and oxygen atoms in total. The highest BCUT2D eigenvalue weighted by molar-refractivity contribution is 5.63. The monoisotopic (exact) mass is 220 g/mol. The lowest BCUT2D eigenvalue weighted by atomic mass is 10.1. The van der Waals surface area contributed by atoms with E-state index in [4.69, 9.17) is 0 Å². The molecule has 0 fully saturated rings. The van der Waals surface area contributed by atoms with Crippen LogP contribution >= 0.6 is 0 Å². The van der Waals surface area contributed by atoms with Gasteiger partial charge in [0.1, 0.15) is 5.69 Å². The predicted molar refractivity (Wildman–Crippen MR) is 65.7 cm³/mol. The van der Waals surface area contributed by atoms with E-state index in [1.807, 2.05) is 13.8 Å². The molecular formula is C12H16N2O2. The fraction of sp³-hybridized carbons (Fsp3) is 0.333. The third-order valence-electron chi connectivity index (χ3n) is 2.27. The van der Waals surface area contributed by atoms with Crippen molar-refractivity contribution in [2.75, 3.05) is 5.32 Å². The van der Waals surface area contributed by atoms with Crippen LogP contribution in [0, 0.1) is 17.0 Å². The van der Waals surface area contributed by atoms with E-state index in [2.05, 4.69) is 11.9 Å². The number of hydrogen-bond donors (Lipinski definition) is 1. The van der Waals surface area contributed by atoms with Crippen molar-refractivity contribution in [3.63, 3.8) is 0 Å². The summed E-state index contributed by atoms with van der Waals surface area (Å²) in [5.41, 5.74) is 1.68. The highest BCUT2D eigenvalue weighted by Gasteiger charge is 2.14. The van der Waals surface area contributed by atoms with Crippen molar-refractivity contribution < 1.29 is 4.92 Å². The maximum Gasteiger partial charge on any atom is 0.292 e. The van der Waals surface area contributed by atoms with E-state index in [1.54, 1.807) is 18.2 Å². The van der Waals surface area contributed by atoms with Crippen molar-refractivity contribution in [3.8, 4) is 0 Å². The minimum atomic E-state index is -0.373. The number of rotatable bonds is 5. The number of aryl methyl sites for hydroxylation is 1. The van der Waals surface area contributed by atoms with Gasteiger partial charge in [-0.1, -0.05) is 12.1 Å². The summed E-state index contributed by atoms with van der Waals surface area (Å²) >= 11 is 0. The maximum absolute atomic E-state index is 10.8. The molecule has 0 aliphatic heterocycles. The smallest absolute Gasteiger partial charge is 0.292 e. The van der Waals surface area contributed by atoms with Crippen LogP contribution < -0.4 is 5.32 Å². The van der Waals surface area contributed by atoms with Crippen LogP contribution in [0.2, 0.25) is 0 Å². The molecule has 0 radical (unpaired) electrons. The molecule has 0 bridgehead atoms. The summed E-state index contributed by atoms with van der Waals surface area (Å²) in [6, 6.07) is 5.19. The van der Waals surface area contributed by atoms with Crippen LogP contribution in [0.25, 0.3) is 0 Å². The van der Waals surface area contributed by atoms with Crippen molar-refractivity contribution in [1.29, 1.82) is 0 Å². The summed E-state index contributed by atoms with van der Waals surface area (Å²) in [7, 11) is 0. The lowest BCUT2D eigenvalue weighted by molar-refractivity contribution is -0.384. The van der Waals surface area contributed by atoms with Crippen molar-refractivity contribution in [2.45, 2.75) is 26.3 Å². The highest BCUT2D eigenvalue weighted by Crippen LogP contribution is 2.26. The van der Waals surface area contributed by atoms with Crippen LogP contribution in [-0.2, 0) is 0 Å². The zero-order valence-corrected chi connectivity index (χ0v) is 9.56. The molecule has 86 valence electrons. The third kappa shape index (κ3) is 3.08. The maximum atomic E-state index is 10.8. The topological polar surface area (TPSA) is 55.2 Å². The van der Waals surface area contributed by atoms with E-state index in [1.165, 1.54) is 6.07 Å². The van der Waals surface area contributed by atoms with Crippen molar-refractivity contribution >= 4 is 11.4 Å². The van der Waals surface area contributed by atoms with Gasteiger partial charge in [0.25, 0.3) is 5.69 Å². The third-order valence-corrected chi connectivity index (χ3v) is 2.27. The summed E-state index contributed by atoms with van der Waals surface area (Å²) in [5, 5.41) is 13.9. The first-order valence-electron chi connectivity index (χ1n) is 5.17. The Morgan fingerprint density at radius 1 is 1.62 bits per heavy atom. The minimum absolute atomic E-state index is 0.113.